The first-order valence-electron chi connectivity index (χ1n) is 26.1. The molecule has 440 valence electrons. The molecule has 8 atom stereocenters. The Kier molecular flexibility index (Phi) is 26.6. The van der Waals surface area contributed by atoms with Crippen LogP contribution in [0.15, 0.2) is 53.5 Å². The number of likely N-dealkylation sites (tertiary alicyclic amines) is 1. The lowest BCUT2D eigenvalue weighted by atomic mass is 10.00. The molecule has 9 amide bonds. The number of nitrogens with zero attached hydrogens (tertiary/aromatic N) is 2. The number of phenols is 2. The lowest BCUT2D eigenvalue weighted by Gasteiger charge is -2.32. The van der Waals surface area contributed by atoms with Crippen LogP contribution in [-0.4, -0.2) is 164 Å². The predicted octanol–water partition coefficient (Wildman–Crippen LogP) is -2.80. The maximum absolute atomic E-state index is 14.6. The highest BCUT2D eigenvalue weighted by Gasteiger charge is 2.40. The smallest absolute Gasteiger partial charge is 0.322 e. The minimum absolute atomic E-state index is 0.000749. The fraction of sp³-hybridized carbons (Fsp3) is 0.538. The molecular weight excluding hydrogens is 1050 g/mol. The second-order valence-electron chi connectivity index (χ2n) is 20.2. The number of amides is 9. The SMILES string of the molecule is CC(C)C[C@H](NC(=O)[C@@H](N)Cc1ccc(O)cc1)C(=O)N[C@@H](CCC(=O)O)C(=O)N[C@@H](Cc1ccc(O)cc1)C(=O)N[C@@H](CCCN=C(N)N)C(=O)N[C@@H](CCC(N)=O)C(=O)N[C@H](C(=O)N1CCC[C@H]1C(=O)NCC(=O)O)C(C)C. The van der Waals surface area contributed by atoms with Crippen molar-refractivity contribution in [2.24, 2.45) is 39.8 Å². The molecule has 2 aromatic carbocycles. The first kappa shape index (κ1) is 65.7. The largest absolute Gasteiger partial charge is 0.508 e. The number of guanidine groups is 1. The fourth-order valence-electron chi connectivity index (χ4n) is 8.52. The van der Waals surface area contributed by atoms with E-state index in [1.54, 1.807) is 39.8 Å². The molecule has 1 aliphatic heterocycles. The molecule has 1 saturated heterocycles. The number of aliphatic carboxylic acids is 2. The van der Waals surface area contributed by atoms with E-state index in [1.807, 2.05) is 0 Å². The van der Waals surface area contributed by atoms with Gasteiger partial charge in [-0.15, -0.1) is 0 Å². The van der Waals surface area contributed by atoms with E-state index in [0.717, 1.165) is 0 Å². The van der Waals surface area contributed by atoms with Gasteiger partial charge in [0.1, 0.15) is 60.3 Å². The number of hydrogen-bond donors (Lipinski definition) is 15. The summed E-state index contributed by atoms with van der Waals surface area (Å²) in [5, 5.41) is 56.1. The third-order valence-corrected chi connectivity index (χ3v) is 12.7. The summed E-state index contributed by atoms with van der Waals surface area (Å²) in [7, 11) is 0. The monoisotopic (exact) mass is 1120 g/mol. The molecule has 1 heterocycles. The Morgan fingerprint density at radius 2 is 1.09 bits per heavy atom. The number of hydrogen-bond acceptors (Lipinski definition) is 15. The average molecular weight is 1120 g/mol. The molecule has 0 spiro atoms. The van der Waals surface area contributed by atoms with Crippen LogP contribution >= 0.6 is 0 Å². The predicted molar refractivity (Wildman–Crippen MR) is 288 cm³/mol. The minimum Gasteiger partial charge on any atom is -0.508 e. The Morgan fingerprint density at radius 3 is 1.59 bits per heavy atom. The third kappa shape index (κ3) is 22.8. The van der Waals surface area contributed by atoms with Gasteiger partial charge >= 0.3 is 11.9 Å². The van der Waals surface area contributed by atoms with Gasteiger partial charge in [0.25, 0.3) is 0 Å². The number of primary amides is 1. The summed E-state index contributed by atoms with van der Waals surface area (Å²) >= 11 is 0. The molecule has 0 saturated carbocycles. The second-order valence-corrected chi connectivity index (χ2v) is 20.2. The lowest BCUT2D eigenvalue weighted by Crippen LogP contribution is -2.61. The van der Waals surface area contributed by atoms with Crippen LogP contribution in [0.4, 0.5) is 0 Å². The van der Waals surface area contributed by atoms with Crippen molar-refractivity contribution in [2.45, 2.75) is 147 Å². The van der Waals surface area contributed by atoms with Crippen molar-refractivity contribution in [1.29, 1.82) is 0 Å². The van der Waals surface area contributed by atoms with Crippen molar-refractivity contribution in [3.8, 4) is 11.5 Å². The Balaban J connectivity index is 1.97. The molecule has 1 fully saturated rings. The Hall–Kier alpha value is -8.56. The first-order chi connectivity index (χ1) is 37.6. The van der Waals surface area contributed by atoms with E-state index in [2.05, 4.69) is 42.2 Å². The van der Waals surface area contributed by atoms with Gasteiger partial charge in [-0.05, 0) is 98.6 Å². The van der Waals surface area contributed by atoms with Gasteiger partial charge in [0.2, 0.25) is 53.2 Å². The summed E-state index contributed by atoms with van der Waals surface area (Å²) < 4.78 is 0. The van der Waals surface area contributed by atoms with Crippen molar-refractivity contribution >= 4 is 71.1 Å². The molecule has 3 rings (SSSR count). The number of aromatic hydroxyl groups is 2. The number of carboxylic acids is 2. The molecule has 0 unspecified atom stereocenters. The molecule has 19 N–H and O–H groups in total. The van der Waals surface area contributed by atoms with Gasteiger partial charge in [0, 0.05) is 32.4 Å². The molecule has 80 heavy (non-hydrogen) atoms. The van der Waals surface area contributed by atoms with Gasteiger partial charge in [0.05, 0.1) is 6.04 Å². The zero-order chi connectivity index (χ0) is 59.8. The number of aliphatic imine (C=N–C) groups is 1. The van der Waals surface area contributed by atoms with E-state index in [-0.39, 0.29) is 75.0 Å². The summed E-state index contributed by atoms with van der Waals surface area (Å²) in [5.74, 6) is -11.8. The highest BCUT2D eigenvalue weighted by Crippen LogP contribution is 2.21. The van der Waals surface area contributed by atoms with Gasteiger partial charge in [-0.25, -0.2) is 0 Å². The van der Waals surface area contributed by atoms with Gasteiger partial charge in [-0.3, -0.25) is 57.7 Å². The molecular formula is C52H77N13O15. The maximum atomic E-state index is 14.6. The highest BCUT2D eigenvalue weighted by atomic mass is 16.4. The van der Waals surface area contributed by atoms with Crippen molar-refractivity contribution in [1.82, 2.24) is 42.1 Å². The van der Waals surface area contributed by atoms with Crippen molar-refractivity contribution in [3.05, 3.63) is 59.7 Å². The zero-order valence-electron chi connectivity index (χ0n) is 45.3. The summed E-state index contributed by atoms with van der Waals surface area (Å²) in [6, 6.07) is 0.293. The quantitative estimate of drug-likeness (QED) is 0.0195. The van der Waals surface area contributed by atoms with E-state index < -0.39 is 152 Å². The summed E-state index contributed by atoms with van der Waals surface area (Å²) in [4.78, 5) is 152. The number of carboxylic acid groups (broad SMARTS) is 2. The number of phenolic OH excluding ortho intramolecular Hbond substituents is 2. The second kappa shape index (κ2) is 32.4. The molecule has 1 aliphatic rings. The van der Waals surface area contributed by atoms with E-state index in [9.17, 15) is 68.1 Å². The van der Waals surface area contributed by atoms with Crippen LogP contribution in [0.3, 0.4) is 0 Å². The van der Waals surface area contributed by atoms with Gasteiger partial charge in [-0.1, -0.05) is 52.0 Å². The standard InChI is InChI=1S/C52H77N13O15/c1-27(2)23-37(62-44(73)33(53)24-29-9-13-31(66)14-10-29)48(77)61-36(18-20-41(69)70)46(75)63-38(25-30-11-15-32(67)16-12-30)49(78)59-34(7-5-21-57-52(55)56)45(74)60-35(17-19-40(54)68)47(76)64-43(28(3)4)51(80)65-22-6-8-39(65)50(79)58-26-42(71)72/h9-16,27-28,33-39,43,66-67H,5-8,17-26,53H2,1-4H3,(H2,54,68)(H,58,79)(H,59,78)(H,60,74)(H,61,77)(H,62,73)(H,63,75)(H,64,76)(H,69,70)(H,71,72)(H4,55,56,57)/t33-,34-,35-,36-,37-,38-,39-,43-/m0/s1. The van der Waals surface area contributed by atoms with E-state index in [0.29, 0.717) is 17.5 Å². The van der Waals surface area contributed by atoms with Crippen LogP contribution in [0.2, 0.25) is 0 Å². The van der Waals surface area contributed by atoms with Gasteiger partial charge in [0.15, 0.2) is 5.96 Å². The first-order valence-corrected chi connectivity index (χ1v) is 26.1. The third-order valence-electron chi connectivity index (χ3n) is 12.7. The number of carbonyl (C=O) groups excluding carboxylic acids is 9. The normalized spacial score (nSPS) is 15.6. The summed E-state index contributed by atoms with van der Waals surface area (Å²) in [6.07, 6.45) is -1.82. The number of nitrogens with one attached hydrogen (secondary N) is 7. The van der Waals surface area contributed by atoms with Crippen LogP contribution in [0.1, 0.15) is 96.6 Å². The number of nitrogens with two attached hydrogens (primary N) is 4. The van der Waals surface area contributed by atoms with E-state index in [4.69, 9.17) is 28.0 Å². The Morgan fingerprint density at radius 1 is 0.613 bits per heavy atom. The zero-order valence-corrected chi connectivity index (χ0v) is 45.3. The number of rotatable bonds is 33. The van der Waals surface area contributed by atoms with Gasteiger partial charge in [-0.2, -0.15) is 0 Å². The van der Waals surface area contributed by atoms with E-state index >= 15 is 0 Å². The Bertz CT molecular complexity index is 2520. The fourth-order valence-corrected chi connectivity index (χ4v) is 8.52. The maximum Gasteiger partial charge on any atom is 0.322 e. The van der Waals surface area contributed by atoms with Gasteiger partial charge < -0.3 is 85.5 Å². The molecule has 28 heteroatoms. The molecule has 0 bridgehead atoms. The molecule has 2 aromatic rings. The summed E-state index contributed by atoms with van der Waals surface area (Å²) in [6.45, 7) is 6.11. The topological polar surface area (TPSA) is 473 Å². The molecule has 0 aliphatic carbocycles. The highest BCUT2D eigenvalue weighted by molar-refractivity contribution is 5.98. The molecule has 28 nitrogen and oxygen atoms in total. The van der Waals surface area contributed by atoms with Crippen molar-refractivity contribution in [3.63, 3.8) is 0 Å². The van der Waals surface area contributed by atoms with Crippen molar-refractivity contribution < 1.29 is 73.2 Å². The summed E-state index contributed by atoms with van der Waals surface area (Å²) in [5.41, 5.74) is 23.7. The van der Waals surface area contributed by atoms with Crippen LogP contribution in [-0.2, 0) is 65.6 Å². The van der Waals surface area contributed by atoms with Crippen LogP contribution in [0.25, 0.3) is 0 Å². The number of benzene rings is 2. The molecule has 0 radical (unpaired) electrons. The van der Waals surface area contributed by atoms with Crippen LogP contribution in [0, 0.1) is 11.8 Å². The molecule has 0 aromatic heterocycles. The average Bonchev–Trinajstić information content (AvgIpc) is 3.89. The van der Waals surface area contributed by atoms with E-state index in [1.165, 1.54) is 41.3 Å². The Labute approximate surface area is 462 Å². The number of carbonyl (C=O) groups is 11. The minimum atomic E-state index is -1.64. The van der Waals surface area contributed by atoms with Crippen molar-refractivity contribution in [2.75, 3.05) is 19.6 Å². The lowest BCUT2D eigenvalue weighted by molar-refractivity contribution is -0.144. The van der Waals surface area contributed by atoms with Crippen LogP contribution in [0.5, 0.6) is 11.5 Å². The van der Waals surface area contributed by atoms with Crippen LogP contribution < -0.4 is 60.2 Å².